The molecular weight excluding hydrogens is 536 g/mol. The lowest BCUT2D eigenvalue weighted by Gasteiger charge is -2.23. The molecule has 0 saturated heterocycles. The van der Waals surface area contributed by atoms with Gasteiger partial charge in [-0.1, -0.05) is 91.5 Å². The van der Waals surface area contributed by atoms with Gasteiger partial charge in [-0.05, 0) is 77.4 Å². The molecule has 1 nitrogen and oxygen atoms in total. The first-order chi connectivity index (χ1) is 16.5. The van der Waals surface area contributed by atoms with Crippen LogP contribution in [0.5, 0.6) is 0 Å². The van der Waals surface area contributed by atoms with Crippen molar-refractivity contribution >= 4 is 57.7 Å². The lowest BCUT2D eigenvalue weighted by Crippen LogP contribution is -2.34. The van der Waals surface area contributed by atoms with Crippen LogP contribution in [0.1, 0.15) is 61.2 Å². The van der Waals surface area contributed by atoms with Gasteiger partial charge in [-0.3, -0.25) is 0 Å². The Bertz CT molecular complexity index is 1300. The van der Waals surface area contributed by atoms with E-state index in [9.17, 15) is 0 Å². The highest BCUT2D eigenvalue weighted by molar-refractivity contribution is 7.09. The fourth-order valence-electron chi connectivity index (χ4n) is 4.55. The van der Waals surface area contributed by atoms with E-state index in [0.717, 1.165) is 27.9 Å². The summed E-state index contributed by atoms with van der Waals surface area (Å²) in [7, 11) is 0. The standard InChI is InChI=1S/C29H28Cl4NS/c1-15(2)25-13-26(16(3)4)28(20-9-23(32)12-24(33)10-20)29(34-14-35-18(6)17(34)5)27(25)19-7-21(30)11-22(31)8-19/h7-16H,1-6H3/q+1. The van der Waals surface area contributed by atoms with Gasteiger partial charge in [0.25, 0.3) is 0 Å². The summed E-state index contributed by atoms with van der Waals surface area (Å²) in [5.74, 6) is 0.549. The van der Waals surface area contributed by atoms with Crippen LogP contribution in [0.2, 0.25) is 20.1 Å². The molecule has 3 aromatic carbocycles. The number of nitrogens with zero attached hydrogens (tertiary/aromatic N) is 1. The molecule has 0 saturated carbocycles. The van der Waals surface area contributed by atoms with Gasteiger partial charge in [-0.25, -0.2) is 0 Å². The van der Waals surface area contributed by atoms with Gasteiger partial charge in [0.1, 0.15) is 0 Å². The molecule has 6 heteroatoms. The van der Waals surface area contributed by atoms with E-state index in [1.165, 1.54) is 21.7 Å². The first kappa shape index (κ1) is 26.5. The maximum atomic E-state index is 6.52. The summed E-state index contributed by atoms with van der Waals surface area (Å²) in [4.78, 5) is 1.26. The number of aromatic nitrogens is 1. The van der Waals surface area contributed by atoms with Gasteiger partial charge in [-0.15, -0.1) is 0 Å². The van der Waals surface area contributed by atoms with Crippen molar-refractivity contribution in [2.75, 3.05) is 0 Å². The molecule has 4 rings (SSSR count). The second kappa shape index (κ2) is 10.4. The average molecular weight is 564 g/mol. The van der Waals surface area contributed by atoms with Crippen molar-refractivity contribution in [1.29, 1.82) is 0 Å². The average Bonchev–Trinajstić information content (AvgIpc) is 3.08. The van der Waals surface area contributed by atoms with Crippen molar-refractivity contribution in [3.8, 4) is 27.9 Å². The van der Waals surface area contributed by atoms with Gasteiger partial charge in [0.15, 0.2) is 5.69 Å². The van der Waals surface area contributed by atoms with E-state index in [1.54, 1.807) is 23.5 Å². The Morgan fingerprint density at radius 3 is 1.34 bits per heavy atom. The molecule has 0 unspecified atom stereocenters. The molecule has 0 radical (unpaired) electrons. The Morgan fingerprint density at radius 2 is 1.03 bits per heavy atom. The molecule has 0 spiro atoms. The molecule has 0 aliphatic rings. The third kappa shape index (κ3) is 5.29. The van der Waals surface area contributed by atoms with Crippen molar-refractivity contribution in [3.05, 3.63) is 89.8 Å². The second-order valence-electron chi connectivity index (χ2n) is 9.51. The minimum Gasteiger partial charge on any atom is -0.153 e. The van der Waals surface area contributed by atoms with Gasteiger partial charge >= 0.3 is 0 Å². The molecule has 0 fully saturated rings. The molecule has 1 aromatic heterocycles. The summed E-state index contributed by atoms with van der Waals surface area (Å²) in [6, 6.07) is 13.9. The number of thiazole rings is 1. The minimum absolute atomic E-state index is 0.275. The van der Waals surface area contributed by atoms with Crippen LogP contribution >= 0.6 is 57.7 Å². The minimum atomic E-state index is 0.275. The van der Waals surface area contributed by atoms with E-state index in [0.29, 0.717) is 20.1 Å². The lowest BCUT2D eigenvalue weighted by molar-refractivity contribution is -0.596. The van der Waals surface area contributed by atoms with E-state index >= 15 is 0 Å². The number of hydrogen-bond acceptors (Lipinski definition) is 1. The van der Waals surface area contributed by atoms with Crippen LogP contribution in [0, 0.1) is 13.8 Å². The fraction of sp³-hybridized carbons (Fsp3) is 0.276. The van der Waals surface area contributed by atoms with Crippen molar-refractivity contribution < 1.29 is 4.57 Å². The molecule has 0 amide bonds. The Labute approximate surface area is 232 Å². The Morgan fingerprint density at radius 1 is 0.629 bits per heavy atom. The third-order valence-electron chi connectivity index (χ3n) is 6.36. The largest absolute Gasteiger partial charge is 0.231 e. The van der Waals surface area contributed by atoms with E-state index in [4.69, 9.17) is 46.4 Å². The Hall–Kier alpha value is -1.55. The molecule has 0 aliphatic heterocycles. The summed E-state index contributed by atoms with van der Waals surface area (Å²) in [5.41, 5.74) is 11.2. The van der Waals surface area contributed by atoms with Crippen molar-refractivity contribution in [2.45, 2.75) is 53.4 Å². The molecule has 0 bridgehead atoms. The van der Waals surface area contributed by atoms with Crippen LogP contribution in [0.4, 0.5) is 0 Å². The molecule has 0 atom stereocenters. The van der Waals surface area contributed by atoms with E-state index < -0.39 is 0 Å². The molecule has 1 heterocycles. The monoisotopic (exact) mass is 562 g/mol. The first-order valence-corrected chi connectivity index (χ1v) is 14.0. The molecule has 35 heavy (non-hydrogen) atoms. The maximum Gasteiger partial charge on any atom is 0.231 e. The Balaban J connectivity index is 2.30. The summed E-state index contributed by atoms with van der Waals surface area (Å²) in [6.07, 6.45) is 0. The predicted octanol–water partition coefficient (Wildman–Crippen LogP) is 10.8. The lowest BCUT2D eigenvalue weighted by atomic mass is 9.81. The smallest absolute Gasteiger partial charge is 0.153 e. The van der Waals surface area contributed by atoms with Crippen LogP contribution in [0.25, 0.3) is 27.9 Å². The molecule has 4 aromatic rings. The Kier molecular flexibility index (Phi) is 7.91. The highest BCUT2D eigenvalue weighted by Gasteiger charge is 2.32. The maximum absolute atomic E-state index is 6.52. The summed E-state index contributed by atoms with van der Waals surface area (Å²) in [5, 5.41) is 2.43. The molecule has 0 aliphatic carbocycles. The zero-order valence-corrected chi connectivity index (χ0v) is 24.5. The van der Waals surface area contributed by atoms with Gasteiger partial charge in [0, 0.05) is 27.0 Å². The fourth-order valence-corrected chi connectivity index (χ4v) is 6.40. The van der Waals surface area contributed by atoms with Crippen LogP contribution in [-0.4, -0.2) is 0 Å². The van der Waals surface area contributed by atoms with E-state index in [2.05, 4.69) is 57.7 Å². The highest BCUT2D eigenvalue weighted by atomic mass is 35.5. The number of benzene rings is 3. The second-order valence-corrected chi connectivity index (χ2v) is 12.3. The summed E-state index contributed by atoms with van der Waals surface area (Å²) >= 11 is 27.8. The first-order valence-electron chi connectivity index (χ1n) is 11.6. The topological polar surface area (TPSA) is 3.88 Å². The van der Waals surface area contributed by atoms with Gasteiger partial charge in [0.2, 0.25) is 11.2 Å². The number of rotatable bonds is 5. The van der Waals surface area contributed by atoms with Crippen LogP contribution in [-0.2, 0) is 0 Å². The molecule has 0 N–H and O–H groups in total. The highest BCUT2D eigenvalue weighted by Crippen LogP contribution is 2.45. The van der Waals surface area contributed by atoms with Crippen LogP contribution < -0.4 is 4.57 Å². The molecular formula is C29H28Cl4NS+. The summed E-state index contributed by atoms with van der Waals surface area (Å²) < 4.78 is 2.30. The van der Waals surface area contributed by atoms with Crippen molar-refractivity contribution in [3.63, 3.8) is 0 Å². The number of halogens is 4. The van der Waals surface area contributed by atoms with E-state index in [-0.39, 0.29) is 11.8 Å². The zero-order chi connectivity index (χ0) is 25.6. The molecule has 182 valence electrons. The normalized spacial score (nSPS) is 11.7. The van der Waals surface area contributed by atoms with Crippen molar-refractivity contribution in [2.24, 2.45) is 0 Å². The third-order valence-corrected chi connectivity index (χ3v) is 8.19. The zero-order valence-electron chi connectivity index (χ0n) is 20.6. The predicted molar refractivity (Wildman–Crippen MR) is 154 cm³/mol. The van der Waals surface area contributed by atoms with Gasteiger partial charge in [-0.2, -0.15) is 4.57 Å². The van der Waals surface area contributed by atoms with Crippen LogP contribution in [0.15, 0.2) is 48.0 Å². The SMILES string of the molecule is Cc1sc[n+](-c2c(-c3cc(Cl)cc(Cl)c3)c(C(C)C)cc(C(C)C)c2-c2cc(Cl)cc(Cl)c2)c1C. The van der Waals surface area contributed by atoms with Crippen molar-refractivity contribution in [1.82, 2.24) is 0 Å². The number of hydrogen-bond donors (Lipinski definition) is 0. The quantitative estimate of drug-likeness (QED) is 0.212. The number of aryl methyl sites for hydroxylation is 1. The van der Waals surface area contributed by atoms with Crippen LogP contribution in [0.3, 0.4) is 0 Å². The van der Waals surface area contributed by atoms with Gasteiger partial charge in [0.05, 0.1) is 16.0 Å². The van der Waals surface area contributed by atoms with E-state index in [1.807, 2.05) is 24.3 Å². The summed E-state index contributed by atoms with van der Waals surface area (Å²) in [6.45, 7) is 13.2. The van der Waals surface area contributed by atoms with Gasteiger partial charge < -0.3 is 0 Å².